The van der Waals surface area contributed by atoms with Crippen LogP contribution in [0.5, 0.6) is 0 Å². The van der Waals surface area contributed by atoms with Crippen LogP contribution < -0.4 is 11.1 Å². The Morgan fingerprint density at radius 3 is 2.59 bits per heavy atom. The molecule has 0 atom stereocenters. The van der Waals surface area contributed by atoms with Crippen molar-refractivity contribution in [1.82, 2.24) is 5.16 Å². The van der Waals surface area contributed by atoms with Gasteiger partial charge in [0.15, 0.2) is 11.4 Å². The van der Waals surface area contributed by atoms with Crippen molar-refractivity contribution in [1.29, 1.82) is 0 Å². The Bertz CT molecular complexity index is 765. The molecular formula is C11H14BrN3O6S. The van der Waals surface area contributed by atoms with E-state index in [9.17, 15) is 4.79 Å². The lowest BCUT2D eigenvalue weighted by molar-refractivity contribution is -0.117. The van der Waals surface area contributed by atoms with Crippen molar-refractivity contribution in [3.63, 3.8) is 0 Å². The van der Waals surface area contributed by atoms with Crippen molar-refractivity contribution in [3.8, 4) is 0 Å². The van der Waals surface area contributed by atoms with E-state index < -0.39 is 10.4 Å². The van der Waals surface area contributed by atoms with Gasteiger partial charge in [-0.25, -0.2) is 0 Å². The summed E-state index contributed by atoms with van der Waals surface area (Å²) in [6.07, 6.45) is 0.265. The van der Waals surface area contributed by atoms with Crippen LogP contribution in [-0.2, 0) is 15.2 Å². The molecule has 11 heteroatoms. The van der Waals surface area contributed by atoms with E-state index in [1.807, 2.05) is 19.1 Å². The van der Waals surface area contributed by atoms with Crippen molar-refractivity contribution in [2.45, 2.75) is 13.3 Å². The molecule has 122 valence electrons. The van der Waals surface area contributed by atoms with Gasteiger partial charge in [0, 0.05) is 17.4 Å². The highest BCUT2D eigenvalue weighted by molar-refractivity contribution is 9.10. The molecule has 9 nitrogen and oxygen atoms in total. The van der Waals surface area contributed by atoms with Gasteiger partial charge in [0.25, 0.3) is 0 Å². The number of nitrogens with two attached hydrogens (primary N) is 1. The summed E-state index contributed by atoms with van der Waals surface area (Å²) >= 11 is 3.46. The summed E-state index contributed by atoms with van der Waals surface area (Å²) in [7, 11) is -4.67. The zero-order chi connectivity index (χ0) is 16.9. The molecule has 0 spiro atoms. The van der Waals surface area contributed by atoms with Gasteiger partial charge in [0.1, 0.15) is 0 Å². The van der Waals surface area contributed by atoms with Crippen molar-refractivity contribution < 1.29 is 26.8 Å². The van der Waals surface area contributed by atoms with Crippen LogP contribution in [0.1, 0.15) is 12.0 Å². The lowest BCUT2D eigenvalue weighted by Gasteiger charge is -2.03. The number of nitrogens with one attached hydrogen (secondary N) is 1. The van der Waals surface area contributed by atoms with Crippen molar-refractivity contribution in [2.75, 3.05) is 11.9 Å². The number of benzene rings is 1. The maximum atomic E-state index is 10.6. The average Bonchev–Trinajstić information content (AvgIpc) is 2.75. The Labute approximate surface area is 134 Å². The van der Waals surface area contributed by atoms with Gasteiger partial charge in [-0.3, -0.25) is 13.9 Å². The number of halogens is 1. The topological polar surface area (TPSA) is 156 Å². The smallest absolute Gasteiger partial charge is 0.370 e. The predicted molar refractivity (Wildman–Crippen MR) is 82.9 cm³/mol. The summed E-state index contributed by atoms with van der Waals surface area (Å²) in [5, 5.41) is 7.90. The number of primary amides is 1. The SMILES string of the molecule is Cc1c(Br)ccc2onc(NCCC(N)=O)c12.O=S(=O)(O)O. The summed E-state index contributed by atoms with van der Waals surface area (Å²) in [4.78, 5) is 10.6. The van der Waals surface area contributed by atoms with Gasteiger partial charge >= 0.3 is 10.4 Å². The van der Waals surface area contributed by atoms with E-state index in [2.05, 4.69) is 26.4 Å². The summed E-state index contributed by atoms with van der Waals surface area (Å²) in [6, 6.07) is 3.76. The minimum absolute atomic E-state index is 0.265. The first-order valence-corrected chi connectivity index (χ1v) is 8.05. The highest BCUT2D eigenvalue weighted by atomic mass is 79.9. The average molecular weight is 396 g/mol. The summed E-state index contributed by atoms with van der Waals surface area (Å²) in [5.41, 5.74) is 6.83. The molecule has 0 unspecified atom stereocenters. The van der Waals surface area contributed by atoms with Gasteiger partial charge < -0.3 is 15.6 Å². The minimum atomic E-state index is -4.67. The number of aromatic nitrogens is 1. The quantitative estimate of drug-likeness (QED) is 0.567. The molecule has 0 aliphatic heterocycles. The molecule has 0 saturated carbocycles. The first-order chi connectivity index (χ1) is 10.1. The Hall–Kier alpha value is -1.69. The van der Waals surface area contributed by atoms with Gasteiger partial charge in [0.2, 0.25) is 5.91 Å². The molecule has 1 aromatic heterocycles. The molecule has 0 radical (unpaired) electrons. The maximum absolute atomic E-state index is 10.6. The number of rotatable bonds is 4. The second kappa shape index (κ2) is 7.54. The summed E-state index contributed by atoms with van der Waals surface area (Å²) in [6.45, 7) is 2.42. The van der Waals surface area contributed by atoms with Crippen LogP contribution in [0.15, 0.2) is 21.1 Å². The molecule has 1 amide bonds. The first-order valence-electron chi connectivity index (χ1n) is 5.86. The number of carbonyl (C=O) groups is 1. The van der Waals surface area contributed by atoms with Crippen LogP contribution in [0, 0.1) is 6.92 Å². The molecule has 0 aliphatic carbocycles. The maximum Gasteiger partial charge on any atom is 0.394 e. The highest BCUT2D eigenvalue weighted by Gasteiger charge is 2.12. The zero-order valence-corrected chi connectivity index (χ0v) is 13.8. The van der Waals surface area contributed by atoms with Gasteiger partial charge in [-0.05, 0) is 24.6 Å². The minimum Gasteiger partial charge on any atom is -0.370 e. The molecule has 2 aromatic rings. The molecular weight excluding hydrogens is 382 g/mol. The van der Waals surface area contributed by atoms with Crippen molar-refractivity contribution in [3.05, 3.63) is 22.2 Å². The largest absolute Gasteiger partial charge is 0.394 e. The predicted octanol–water partition coefficient (Wildman–Crippen LogP) is 1.53. The molecule has 0 saturated heterocycles. The zero-order valence-electron chi connectivity index (χ0n) is 11.4. The summed E-state index contributed by atoms with van der Waals surface area (Å²) < 4.78 is 37.8. The molecule has 0 bridgehead atoms. The number of anilines is 1. The van der Waals surface area contributed by atoms with E-state index in [1.54, 1.807) is 0 Å². The molecule has 2 rings (SSSR count). The number of hydrogen-bond acceptors (Lipinski definition) is 6. The summed E-state index contributed by atoms with van der Waals surface area (Å²) in [5.74, 6) is 0.295. The highest BCUT2D eigenvalue weighted by Crippen LogP contribution is 2.30. The molecule has 1 aromatic carbocycles. The Balaban J connectivity index is 0.000000422. The monoisotopic (exact) mass is 395 g/mol. The van der Waals surface area contributed by atoms with E-state index in [4.69, 9.17) is 27.8 Å². The van der Waals surface area contributed by atoms with E-state index in [-0.39, 0.29) is 12.3 Å². The lowest BCUT2D eigenvalue weighted by atomic mass is 10.1. The van der Waals surface area contributed by atoms with Gasteiger partial charge in [0.05, 0.1) is 5.39 Å². The normalized spacial score (nSPS) is 10.9. The van der Waals surface area contributed by atoms with Gasteiger partial charge in [-0.1, -0.05) is 21.1 Å². The fraction of sp³-hybridized carbons (Fsp3) is 0.273. The Kier molecular flexibility index (Phi) is 6.29. The number of hydrogen-bond donors (Lipinski definition) is 4. The van der Waals surface area contributed by atoms with E-state index in [1.165, 1.54) is 0 Å². The van der Waals surface area contributed by atoms with Crippen molar-refractivity contribution in [2.24, 2.45) is 5.73 Å². The third-order valence-corrected chi connectivity index (χ3v) is 3.36. The fourth-order valence-electron chi connectivity index (χ4n) is 1.60. The standard InChI is InChI=1S/C11H12BrN3O2.H2O4S/c1-6-7(12)2-3-8-10(6)11(15-17-8)14-5-4-9(13)16;1-5(2,3)4/h2-3H,4-5H2,1H3,(H2,13,16)(H,14,15);(H2,1,2,3,4). The van der Waals surface area contributed by atoms with Crippen LogP contribution >= 0.6 is 15.9 Å². The first kappa shape index (κ1) is 18.4. The Morgan fingerprint density at radius 2 is 2.05 bits per heavy atom. The van der Waals surface area contributed by atoms with Crippen LogP contribution in [0.2, 0.25) is 0 Å². The third-order valence-electron chi connectivity index (χ3n) is 2.50. The number of fused-ring (bicyclic) bond motifs is 1. The number of amides is 1. The van der Waals surface area contributed by atoms with Gasteiger partial charge in [-0.15, -0.1) is 0 Å². The molecule has 5 N–H and O–H groups in total. The number of aryl methyl sites for hydroxylation is 1. The number of carbonyl (C=O) groups excluding carboxylic acids is 1. The van der Waals surface area contributed by atoms with E-state index in [0.29, 0.717) is 17.9 Å². The van der Waals surface area contributed by atoms with Crippen LogP contribution in [0.3, 0.4) is 0 Å². The lowest BCUT2D eigenvalue weighted by Crippen LogP contribution is -2.16. The van der Waals surface area contributed by atoms with E-state index >= 15 is 0 Å². The third kappa shape index (κ3) is 5.97. The number of nitrogens with zero attached hydrogens (tertiary/aromatic N) is 1. The van der Waals surface area contributed by atoms with Crippen molar-refractivity contribution >= 4 is 49.0 Å². The molecule has 22 heavy (non-hydrogen) atoms. The molecule has 0 fully saturated rings. The second-order valence-electron chi connectivity index (χ2n) is 4.17. The Morgan fingerprint density at radius 1 is 1.45 bits per heavy atom. The van der Waals surface area contributed by atoms with Crippen LogP contribution in [0.4, 0.5) is 5.82 Å². The van der Waals surface area contributed by atoms with Crippen LogP contribution in [0.25, 0.3) is 11.0 Å². The second-order valence-corrected chi connectivity index (χ2v) is 5.92. The van der Waals surface area contributed by atoms with E-state index in [0.717, 1.165) is 15.4 Å². The van der Waals surface area contributed by atoms with Crippen LogP contribution in [-0.4, -0.2) is 35.1 Å². The van der Waals surface area contributed by atoms with Gasteiger partial charge in [-0.2, -0.15) is 8.42 Å². The molecule has 0 aliphatic rings. The molecule has 1 heterocycles. The fourth-order valence-corrected chi connectivity index (χ4v) is 1.93.